The number of carboxylic acid groups (broad SMARTS) is 1. The fourth-order valence-electron chi connectivity index (χ4n) is 4.71. The number of aliphatic carboxylic acids is 1. The number of piperidine rings is 1. The molecule has 3 rings (SSSR count). The van der Waals surface area contributed by atoms with Gasteiger partial charge < -0.3 is 10.0 Å². The lowest BCUT2D eigenvalue weighted by molar-refractivity contribution is -0.148. The van der Waals surface area contributed by atoms with Crippen LogP contribution in [0.5, 0.6) is 0 Å². The number of carbonyl (C=O) groups is 2. The summed E-state index contributed by atoms with van der Waals surface area (Å²) in [6.07, 6.45) is 3.47. The van der Waals surface area contributed by atoms with Gasteiger partial charge in [-0.3, -0.25) is 9.59 Å². The van der Waals surface area contributed by atoms with Crippen LogP contribution in [-0.4, -0.2) is 40.9 Å². The molecule has 1 saturated heterocycles. The smallest absolute Gasteiger partial charge is 0.309 e. The van der Waals surface area contributed by atoms with Gasteiger partial charge in [0, 0.05) is 19.0 Å². The molecule has 6 heteroatoms. The molecule has 22 heavy (non-hydrogen) atoms. The van der Waals surface area contributed by atoms with Gasteiger partial charge in [0.15, 0.2) is 0 Å². The highest BCUT2D eigenvalue weighted by Crippen LogP contribution is 2.62. The van der Waals surface area contributed by atoms with Gasteiger partial charge in [0.25, 0.3) is 0 Å². The first-order valence-corrected chi connectivity index (χ1v) is 8.09. The molecule has 3 fully saturated rings. The molecule has 1 heterocycles. The Hall–Kier alpha value is -1.20. The monoisotopic (exact) mass is 315 g/mol. The lowest BCUT2D eigenvalue weighted by Gasteiger charge is -2.39. The minimum absolute atomic E-state index is 0.00555. The van der Waals surface area contributed by atoms with E-state index in [0.717, 1.165) is 6.92 Å². The summed E-state index contributed by atoms with van der Waals surface area (Å²) in [6, 6.07) is 0. The Morgan fingerprint density at radius 1 is 1.09 bits per heavy atom. The average Bonchev–Trinajstić information content (AvgIpc) is 3.04. The Morgan fingerprint density at radius 3 is 2.00 bits per heavy atom. The number of likely N-dealkylation sites (tertiary alicyclic amines) is 1. The van der Waals surface area contributed by atoms with Gasteiger partial charge >= 0.3 is 5.97 Å². The second-order valence-electron chi connectivity index (χ2n) is 7.57. The maximum atomic E-state index is 13.4. The molecule has 0 aromatic heterocycles. The number of amides is 1. The Labute approximate surface area is 128 Å². The molecular formula is C16H23F2NO3. The highest BCUT2D eigenvalue weighted by atomic mass is 19.3. The SMILES string of the molecule is CC(F)(F)C1CCN(C(=O)C23CCC(C(=O)O)(CC2)C3)CC1. The van der Waals surface area contributed by atoms with Crippen LogP contribution in [0.4, 0.5) is 8.78 Å². The zero-order valence-corrected chi connectivity index (χ0v) is 12.9. The number of halogens is 2. The fourth-order valence-corrected chi connectivity index (χ4v) is 4.71. The van der Waals surface area contributed by atoms with Crippen LogP contribution in [0.3, 0.4) is 0 Å². The van der Waals surface area contributed by atoms with Crippen LogP contribution in [0.15, 0.2) is 0 Å². The molecule has 0 aromatic rings. The summed E-state index contributed by atoms with van der Waals surface area (Å²) in [7, 11) is 0. The van der Waals surface area contributed by atoms with Gasteiger partial charge in [-0.05, 0) is 51.9 Å². The van der Waals surface area contributed by atoms with Crippen LogP contribution >= 0.6 is 0 Å². The summed E-state index contributed by atoms with van der Waals surface area (Å²) in [6.45, 7) is 1.69. The Morgan fingerprint density at radius 2 is 1.59 bits per heavy atom. The number of carbonyl (C=O) groups excluding carboxylic acids is 1. The van der Waals surface area contributed by atoms with Crippen molar-refractivity contribution < 1.29 is 23.5 Å². The molecule has 1 amide bonds. The van der Waals surface area contributed by atoms with E-state index in [-0.39, 0.29) is 5.91 Å². The fraction of sp³-hybridized carbons (Fsp3) is 0.875. The minimum Gasteiger partial charge on any atom is -0.481 e. The number of fused-ring (bicyclic) bond motifs is 2. The second kappa shape index (κ2) is 4.90. The molecule has 0 atom stereocenters. The number of carboxylic acids is 1. The largest absolute Gasteiger partial charge is 0.481 e. The van der Waals surface area contributed by atoms with Crippen LogP contribution < -0.4 is 0 Å². The number of nitrogens with zero attached hydrogens (tertiary/aromatic N) is 1. The summed E-state index contributed by atoms with van der Waals surface area (Å²) in [4.78, 5) is 26.0. The molecule has 2 saturated carbocycles. The van der Waals surface area contributed by atoms with Crippen LogP contribution in [0, 0.1) is 16.7 Å². The standard InChI is InChI=1S/C16H23F2NO3/c1-14(17,18)11-2-8-19(9-3-11)12(20)15-4-6-16(10-15,7-5-15)13(21)22/h11H,2-10H2,1H3,(H,21,22). The molecule has 1 N–H and O–H groups in total. The van der Waals surface area contributed by atoms with Crippen LogP contribution in [0.1, 0.15) is 51.9 Å². The topological polar surface area (TPSA) is 57.6 Å². The molecule has 3 aliphatic rings. The van der Waals surface area contributed by atoms with Gasteiger partial charge in [-0.1, -0.05) is 0 Å². The van der Waals surface area contributed by atoms with Crippen LogP contribution in [0.25, 0.3) is 0 Å². The van der Waals surface area contributed by atoms with E-state index >= 15 is 0 Å². The zero-order valence-electron chi connectivity index (χ0n) is 12.9. The molecule has 0 spiro atoms. The normalized spacial score (nSPS) is 35.9. The summed E-state index contributed by atoms with van der Waals surface area (Å²) < 4.78 is 26.7. The molecule has 0 unspecified atom stereocenters. The van der Waals surface area contributed by atoms with Crippen molar-refractivity contribution in [2.45, 2.75) is 57.8 Å². The van der Waals surface area contributed by atoms with E-state index in [2.05, 4.69) is 0 Å². The number of rotatable bonds is 3. The summed E-state index contributed by atoms with van der Waals surface area (Å²) in [5.74, 6) is -4.12. The molecule has 2 bridgehead atoms. The predicted octanol–water partition coefficient (Wildman–Crippen LogP) is 2.92. The van der Waals surface area contributed by atoms with Gasteiger partial charge in [-0.15, -0.1) is 0 Å². The molecule has 0 aromatic carbocycles. The van der Waals surface area contributed by atoms with Crippen molar-refractivity contribution in [1.29, 1.82) is 0 Å². The van der Waals surface area contributed by atoms with Crippen molar-refractivity contribution in [2.24, 2.45) is 16.7 Å². The molecule has 1 aliphatic heterocycles. The Kier molecular flexibility index (Phi) is 3.49. The zero-order chi connectivity index (χ0) is 16.2. The highest BCUT2D eigenvalue weighted by Gasteiger charge is 2.62. The Balaban J connectivity index is 1.66. The van der Waals surface area contributed by atoms with Gasteiger partial charge in [-0.25, -0.2) is 8.78 Å². The third kappa shape index (κ3) is 2.31. The van der Waals surface area contributed by atoms with Crippen molar-refractivity contribution in [2.75, 3.05) is 13.1 Å². The number of hydrogen-bond acceptors (Lipinski definition) is 2. The third-order valence-corrected chi connectivity index (χ3v) is 6.25. The van der Waals surface area contributed by atoms with Gasteiger partial charge in [0.1, 0.15) is 0 Å². The predicted molar refractivity (Wildman–Crippen MR) is 75.5 cm³/mol. The van der Waals surface area contributed by atoms with Gasteiger partial charge in [0.05, 0.1) is 10.8 Å². The summed E-state index contributed by atoms with van der Waals surface area (Å²) in [5.41, 5.74) is -1.26. The lowest BCUT2D eigenvalue weighted by atomic mass is 9.80. The number of alkyl halides is 2. The van der Waals surface area contributed by atoms with E-state index in [9.17, 15) is 23.5 Å². The van der Waals surface area contributed by atoms with E-state index in [0.29, 0.717) is 58.0 Å². The molecule has 4 nitrogen and oxygen atoms in total. The molecule has 2 aliphatic carbocycles. The molecular weight excluding hydrogens is 292 g/mol. The van der Waals surface area contributed by atoms with Crippen LogP contribution in [-0.2, 0) is 9.59 Å². The lowest BCUT2D eigenvalue weighted by Crippen LogP contribution is -2.47. The van der Waals surface area contributed by atoms with E-state index in [1.165, 1.54) is 0 Å². The first kappa shape index (κ1) is 15.7. The third-order valence-electron chi connectivity index (χ3n) is 6.25. The first-order valence-electron chi connectivity index (χ1n) is 8.09. The summed E-state index contributed by atoms with van der Waals surface area (Å²) >= 11 is 0. The van der Waals surface area contributed by atoms with Crippen LogP contribution in [0.2, 0.25) is 0 Å². The van der Waals surface area contributed by atoms with Gasteiger partial charge in [0.2, 0.25) is 11.8 Å². The summed E-state index contributed by atoms with van der Waals surface area (Å²) in [5, 5.41) is 9.41. The van der Waals surface area contributed by atoms with E-state index in [4.69, 9.17) is 0 Å². The minimum atomic E-state index is -2.69. The quantitative estimate of drug-likeness (QED) is 0.871. The first-order chi connectivity index (χ1) is 10.2. The maximum absolute atomic E-state index is 13.4. The Bertz CT molecular complexity index is 484. The van der Waals surface area contributed by atoms with Crippen molar-refractivity contribution in [3.05, 3.63) is 0 Å². The van der Waals surface area contributed by atoms with Crippen molar-refractivity contribution in [1.82, 2.24) is 4.90 Å². The van der Waals surface area contributed by atoms with E-state index in [1.54, 1.807) is 4.90 Å². The molecule has 124 valence electrons. The van der Waals surface area contributed by atoms with E-state index < -0.39 is 28.6 Å². The average molecular weight is 315 g/mol. The highest BCUT2D eigenvalue weighted by molar-refractivity contribution is 5.87. The van der Waals surface area contributed by atoms with Crippen molar-refractivity contribution in [3.8, 4) is 0 Å². The maximum Gasteiger partial charge on any atom is 0.309 e. The number of hydrogen-bond donors (Lipinski definition) is 1. The second-order valence-corrected chi connectivity index (χ2v) is 7.57. The van der Waals surface area contributed by atoms with Crippen molar-refractivity contribution in [3.63, 3.8) is 0 Å². The van der Waals surface area contributed by atoms with Crippen molar-refractivity contribution >= 4 is 11.9 Å². The van der Waals surface area contributed by atoms with Gasteiger partial charge in [-0.2, -0.15) is 0 Å². The molecule has 0 radical (unpaired) electrons. The van der Waals surface area contributed by atoms with E-state index in [1.807, 2.05) is 0 Å².